The van der Waals surface area contributed by atoms with Crippen molar-refractivity contribution in [3.8, 4) is 5.75 Å². The second kappa shape index (κ2) is 15.9. The highest BCUT2D eigenvalue weighted by atomic mass is 35.5. The number of nitro groups is 1. The first kappa shape index (κ1) is 35.8. The number of rotatable bonds is 11. The summed E-state index contributed by atoms with van der Waals surface area (Å²) in [4.78, 5) is 30.0. The third-order valence-corrected chi connectivity index (χ3v) is 10.7. The number of nitro benzene ring substituents is 1. The number of halogens is 2. The summed E-state index contributed by atoms with van der Waals surface area (Å²) in [5.41, 5.74) is 6.15. The van der Waals surface area contributed by atoms with Crippen molar-refractivity contribution in [3.05, 3.63) is 133 Å². The topological polar surface area (TPSA) is 88.0 Å². The Hall–Kier alpha value is -4.02. The van der Waals surface area contributed by atoms with E-state index >= 15 is 0 Å². The largest absolute Gasteiger partial charge is 0.489 e. The van der Waals surface area contributed by atoms with Crippen LogP contribution in [0, 0.1) is 15.5 Å². The fourth-order valence-electron chi connectivity index (χ4n) is 6.48. The summed E-state index contributed by atoms with van der Waals surface area (Å²) in [7, 11) is 0. The molecule has 4 aromatic rings. The zero-order chi connectivity index (χ0) is 35.3. The number of carbonyl (C=O) groups excluding carboxylic acids is 1. The number of nitrogens with zero attached hydrogens (tertiary/aromatic N) is 3. The number of hydrogen-bond donors (Lipinski definition) is 1. The predicted molar refractivity (Wildman–Crippen MR) is 203 cm³/mol. The minimum absolute atomic E-state index is 0.0160. The molecule has 1 saturated heterocycles. The van der Waals surface area contributed by atoms with Gasteiger partial charge in [0.2, 0.25) is 0 Å². The van der Waals surface area contributed by atoms with Crippen LogP contribution in [0.1, 0.15) is 54.6 Å². The van der Waals surface area contributed by atoms with Crippen molar-refractivity contribution in [2.75, 3.05) is 37.6 Å². The molecule has 1 aliphatic carbocycles. The van der Waals surface area contributed by atoms with Gasteiger partial charge in [0.05, 0.1) is 10.5 Å². The van der Waals surface area contributed by atoms with Crippen molar-refractivity contribution in [1.29, 1.82) is 0 Å². The maximum atomic E-state index is 12.9. The molecule has 0 atom stereocenters. The van der Waals surface area contributed by atoms with Crippen LogP contribution in [-0.2, 0) is 6.61 Å². The van der Waals surface area contributed by atoms with E-state index in [1.807, 2.05) is 24.3 Å². The molecule has 0 unspecified atom stereocenters. The lowest BCUT2D eigenvalue weighted by atomic mass is 9.72. The molecule has 0 saturated carbocycles. The Labute approximate surface area is 307 Å². The lowest BCUT2D eigenvalue weighted by Crippen LogP contribution is -2.47. The van der Waals surface area contributed by atoms with E-state index in [9.17, 15) is 14.9 Å². The van der Waals surface area contributed by atoms with E-state index in [0.29, 0.717) is 21.8 Å². The molecular weight excluding hydrogens is 691 g/mol. The van der Waals surface area contributed by atoms with E-state index in [0.717, 1.165) is 61.2 Å². The number of hydrogen-bond acceptors (Lipinski definition) is 7. The summed E-state index contributed by atoms with van der Waals surface area (Å²) in [5, 5.41) is 13.1. The number of allylic oxidation sites excluding steroid dienone is 1. The molecule has 6 rings (SSSR count). The molecule has 0 spiro atoms. The number of carbonyl (C=O) groups is 1. The Kier molecular flexibility index (Phi) is 11.4. The maximum Gasteiger partial charge on any atom is 0.276 e. The lowest BCUT2D eigenvalue weighted by molar-refractivity contribution is -0.385. The number of nitrogens with one attached hydrogen (secondary N) is 1. The quantitative estimate of drug-likeness (QED) is 0.0934. The van der Waals surface area contributed by atoms with Gasteiger partial charge >= 0.3 is 0 Å². The molecule has 2 aliphatic rings. The molecule has 1 aliphatic heterocycles. The van der Waals surface area contributed by atoms with E-state index in [4.69, 9.17) is 27.9 Å². The van der Waals surface area contributed by atoms with Gasteiger partial charge in [-0.25, -0.2) is 0 Å². The fourth-order valence-corrected chi connectivity index (χ4v) is 7.33. The molecule has 0 radical (unpaired) electrons. The molecule has 8 nitrogen and oxygen atoms in total. The van der Waals surface area contributed by atoms with E-state index in [2.05, 4.69) is 52.6 Å². The highest BCUT2D eigenvalue weighted by Crippen LogP contribution is 2.43. The first-order valence-electron chi connectivity index (χ1n) is 16.7. The standard InChI is InChI=1S/C39H40Cl2N4O4S/c1-39(2)18-17-29(36(24-39)27-5-7-31(40)8-6-27)25-43-19-21-44(22-20-43)33-11-15-35(16-12-33)50-42-38(46)28-3-4-30(37(23-28)45(47)48)26-49-34-13-9-32(41)10-14-34/h3-16,23H,17-22,24-26H2,1-2H3,(H,42,46). The Morgan fingerprint density at radius 3 is 2.24 bits per heavy atom. The minimum atomic E-state index is -0.504. The highest BCUT2D eigenvalue weighted by molar-refractivity contribution is 7.98. The maximum absolute atomic E-state index is 12.9. The number of piperazine rings is 1. The SMILES string of the molecule is CC1(C)CCC(CN2CCN(c3ccc(SNC(=O)c4ccc(COc5ccc(Cl)cc5)c([N+](=O)[O-])c4)cc3)CC2)=C(c2ccc(Cl)cc2)C1. The summed E-state index contributed by atoms with van der Waals surface area (Å²) in [6.45, 7) is 9.58. The molecule has 1 fully saturated rings. The van der Waals surface area contributed by atoms with Crippen LogP contribution in [0.15, 0.2) is 101 Å². The van der Waals surface area contributed by atoms with Crippen molar-refractivity contribution in [2.24, 2.45) is 5.41 Å². The molecular formula is C39H40Cl2N4O4S. The summed E-state index contributed by atoms with van der Waals surface area (Å²) >= 11 is 13.3. The molecule has 260 valence electrons. The Balaban J connectivity index is 1.01. The first-order valence-corrected chi connectivity index (χ1v) is 18.3. The molecule has 0 bridgehead atoms. The van der Waals surface area contributed by atoms with Crippen LogP contribution < -0.4 is 14.4 Å². The van der Waals surface area contributed by atoms with Crippen molar-refractivity contribution in [2.45, 2.75) is 44.6 Å². The first-order chi connectivity index (χ1) is 24.0. The van der Waals surface area contributed by atoms with Gasteiger partial charge in [-0.2, -0.15) is 0 Å². The number of amides is 1. The predicted octanol–water partition coefficient (Wildman–Crippen LogP) is 9.70. The van der Waals surface area contributed by atoms with Gasteiger partial charge in [-0.3, -0.25) is 24.5 Å². The van der Waals surface area contributed by atoms with Gasteiger partial charge in [0.1, 0.15) is 12.4 Å². The van der Waals surface area contributed by atoms with Crippen molar-refractivity contribution in [3.63, 3.8) is 0 Å². The average molecular weight is 732 g/mol. The summed E-state index contributed by atoms with van der Waals surface area (Å²) < 4.78 is 8.49. The van der Waals surface area contributed by atoms with Gasteiger partial charge in [0.25, 0.3) is 11.6 Å². The molecule has 1 heterocycles. The van der Waals surface area contributed by atoms with Crippen molar-refractivity contribution < 1.29 is 14.5 Å². The zero-order valence-corrected chi connectivity index (χ0v) is 30.5. The normalized spacial score (nSPS) is 16.3. The van der Waals surface area contributed by atoms with E-state index in [1.165, 1.54) is 35.6 Å². The molecule has 11 heteroatoms. The van der Waals surface area contributed by atoms with Crippen LogP contribution in [0.3, 0.4) is 0 Å². The van der Waals surface area contributed by atoms with Crippen LogP contribution >= 0.6 is 35.1 Å². The second-order valence-corrected chi connectivity index (χ2v) is 15.3. The van der Waals surface area contributed by atoms with E-state index in [1.54, 1.807) is 42.0 Å². The lowest BCUT2D eigenvalue weighted by Gasteiger charge is -2.39. The van der Waals surface area contributed by atoms with Crippen LogP contribution in [0.4, 0.5) is 11.4 Å². The fraction of sp³-hybridized carbons (Fsp3) is 0.308. The summed E-state index contributed by atoms with van der Waals surface area (Å²) in [6, 6.07) is 27.6. The monoisotopic (exact) mass is 730 g/mol. The van der Waals surface area contributed by atoms with E-state index < -0.39 is 10.8 Å². The molecule has 4 aromatic carbocycles. The van der Waals surface area contributed by atoms with Crippen LogP contribution in [-0.4, -0.2) is 48.5 Å². The van der Waals surface area contributed by atoms with Crippen molar-refractivity contribution >= 4 is 58.0 Å². The molecule has 50 heavy (non-hydrogen) atoms. The minimum Gasteiger partial charge on any atom is -0.489 e. The van der Waals surface area contributed by atoms with Crippen LogP contribution in [0.2, 0.25) is 10.0 Å². The molecule has 1 N–H and O–H groups in total. The third kappa shape index (κ3) is 9.20. The Morgan fingerprint density at radius 1 is 0.920 bits per heavy atom. The van der Waals surface area contributed by atoms with Gasteiger partial charge in [-0.15, -0.1) is 0 Å². The highest BCUT2D eigenvalue weighted by Gasteiger charge is 2.29. The van der Waals surface area contributed by atoms with Gasteiger partial charge in [-0.1, -0.05) is 54.8 Å². The van der Waals surface area contributed by atoms with Crippen molar-refractivity contribution in [1.82, 2.24) is 9.62 Å². The van der Waals surface area contributed by atoms with Crippen LogP contribution in [0.5, 0.6) is 5.75 Å². The van der Waals surface area contributed by atoms with Gasteiger partial charge in [0.15, 0.2) is 0 Å². The Morgan fingerprint density at radius 2 is 1.58 bits per heavy atom. The number of anilines is 1. The van der Waals surface area contributed by atoms with E-state index in [-0.39, 0.29) is 17.9 Å². The summed E-state index contributed by atoms with van der Waals surface area (Å²) in [6.07, 6.45) is 3.42. The second-order valence-electron chi connectivity index (χ2n) is 13.6. The summed E-state index contributed by atoms with van der Waals surface area (Å²) in [5.74, 6) is 0.121. The average Bonchev–Trinajstić information content (AvgIpc) is 3.12. The zero-order valence-electron chi connectivity index (χ0n) is 28.2. The van der Waals surface area contributed by atoms with Crippen LogP contribution in [0.25, 0.3) is 5.57 Å². The molecule has 1 amide bonds. The van der Waals surface area contributed by atoms with Gasteiger partial charge in [-0.05, 0) is 121 Å². The Bertz CT molecular complexity index is 1860. The third-order valence-electron chi connectivity index (χ3n) is 9.38. The number of ether oxygens (including phenoxy) is 1. The van der Waals surface area contributed by atoms with Gasteiger partial charge < -0.3 is 9.64 Å². The van der Waals surface area contributed by atoms with Gasteiger partial charge in [0, 0.05) is 65.0 Å². The number of benzene rings is 4. The molecule has 0 aromatic heterocycles. The smallest absolute Gasteiger partial charge is 0.276 e.